The minimum Gasteiger partial charge on any atom is -0.497 e. The average Bonchev–Trinajstić information content (AvgIpc) is 3.04. The molecule has 2 rings (SSSR count). The highest BCUT2D eigenvalue weighted by Gasteiger charge is 2.34. The Balaban J connectivity index is 1.79. The normalized spacial score (nSPS) is 17.6. The van der Waals surface area contributed by atoms with E-state index in [4.69, 9.17) is 9.47 Å². The van der Waals surface area contributed by atoms with Crippen molar-refractivity contribution >= 4 is 27.6 Å². The minimum absolute atomic E-state index is 0.0531. The van der Waals surface area contributed by atoms with Gasteiger partial charge in [-0.15, -0.1) is 0 Å². The lowest BCUT2D eigenvalue weighted by Crippen LogP contribution is -2.43. The van der Waals surface area contributed by atoms with E-state index in [1.54, 1.807) is 25.1 Å². The topological polar surface area (TPSA) is 119 Å². The van der Waals surface area contributed by atoms with Crippen molar-refractivity contribution in [2.45, 2.75) is 19.4 Å². The van der Waals surface area contributed by atoms with Gasteiger partial charge >= 0.3 is 5.97 Å². The fourth-order valence-electron chi connectivity index (χ4n) is 2.95. The number of amides is 2. The average molecular weight is 412 g/mol. The number of rotatable bonds is 8. The second-order valence-corrected chi connectivity index (χ2v) is 8.54. The van der Waals surface area contributed by atoms with Gasteiger partial charge in [0.15, 0.2) is 16.4 Å². The molecule has 0 spiro atoms. The maximum atomic E-state index is 12.3. The van der Waals surface area contributed by atoms with E-state index < -0.39 is 46.8 Å². The molecule has 0 unspecified atom stereocenters. The third-order valence-electron chi connectivity index (χ3n) is 4.39. The standard InChI is InChI=1S/C18H24N2O7S/c1-3-20(14-7-8-28(24,25)12-14)16(21)11-27-17(22)10-19-18(23)13-5-4-6-15(9-13)26-2/h4-6,9,14H,3,7-8,10-12H2,1-2H3,(H,19,23)/t14-/m0/s1. The molecule has 1 atom stereocenters. The number of benzene rings is 1. The first-order valence-corrected chi connectivity index (χ1v) is 10.7. The maximum Gasteiger partial charge on any atom is 0.325 e. The molecule has 9 nitrogen and oxygen atoms in total. The van der Waals surface area contributed by atoms with Crippen molar-refractivity contribution in [2.24, 2.45) is 0 Å². The van der Waals surface area contributed by atoms with Crippen LogP contribution in [0.25, 0.3) is 0 Å². The molecule has 1 fully saturated rings. The van der Waals surface area contributed by atoms with Crippen LogP contribution in [0.3, 0.4) is 0 Å². The molecule has 154 valence electrons. The summed E-state index contributed by atoms with van der Waals surface area (Å²) in [5, 5.41) is 2.41. The van der Waals surface area contributed by atoms with Crippen LogP contribution < -0.4 is 10.1 Å². The van der Waals surface area contributed by atoms with E-state index >= 15 is 0 Å². The Morgan fingerprint density at radius 3 is 2.64 bits per heavy atom. The third-order valence-corrected chi connectivity index (χ3v) is 6.14. The first kappa shape index (κ1) is 21.7. The Morgan fingerprint density at radius 1 is 1.29 bits per heavy atom. The minimum atomic E-state index is -3.12. The van der Waals surface area contributed by atoms with Crippen molar-refractivity contribution in [2.75, 3.05) is 38.3 Å². The highest BCUT2D eigenvalue weighted by molar-refractivity contribution is 7.91. The van der Waals surface area contributed by atoms with E-state index in [1.807, 2.05) is 0 Å². The summed E-state index contributed by atoms with van der Waals surface area (Å²) in [5.41, 5.74) is 0.322. The number of ether oxygens (including phenoxy) is 2. The molecule has 0 aliphatic carbocycles. The Bertz CT molecular complexity index is 838. The molecule has 10 heteroatoms. The summed E-state index contributed by atoms with van der Waals surface area (Å²) < 4.78 is 33.1. The number of carbonyl (C=O) groups is 3. The number of hydrogen-bond acceptors (Lipinski definition) is 7. The van der Waals surface area contributed by atoms with Crippen molar-refractivity contribution in [3.63, 3.8) is 0 Å². The summed E-state index contributed by atoms with van der Waals surface area (Å²) in [5.74, 6) is -1.21. The third kappa shape index (κ3) is 5.95. The molecule has 1 aromatic carbocycles. The van der Waals surface area contributed by atoms with Crippen LogP contribution in [0.4, 0.5) is 0 Å². The molecular weight excluding hydrogens is 388 g/mol. The van der Waals surface area contributed by atoms with Gasteiger partial charge in [-0.2, -0.15) is 0 Å². The zero-order valence-electron chi connectivity index (χ0n) is 15.8. The van der Waals surface area contributed by atoms with Gasteiger partial charge in [0.05, 0.1) is 18.6 Å². The van der Waals surface area contributed by atoms with Crippen LogP contribution in [0.1, 0.15) is 23.7 Å². The number of likely N-dealkylation sites (N-methyl/N-ethyl adjacent to an activating group) is 1. The maximum absolute atomic E-state index is 12.3. The molecule has 1 aromatic rings. The highest BCUT2D eigenvalue weighted by Crippen LogP contribution is 2.18. The van der Waals surface area contributed by atoms with E-state index in [1.165, 1.54) is 18.1 Å². The zero-order chi connectivity index (χ0) is 20.7. The Morgan fingerprint density at radius 2 is 2.04 bits per heavy atom. The van der Waals surface area contributed by atoms with Crippen LogP contribution in [-0.4, -0.2) is 75.5 Å². The molecule has 1 saturated heterocycles. The summed E-state index contributed by atoms with van der Waals surface area (Å²) in [4.78, 5) is 37.5. The van der Waals surface area contributed by atoms with Gasteiger partial charge in [0.25, 0.3) is 11.8 Å². The molecule has 0 saturated carbocycles. The van der Waals surface area contributed by atoms with Crippen LogP contribution in [0.2, 0.25) is 0 Å². The molecule has 2 amide bonds. The number of sulfone groups is 1. The van der Waals surface area contributed by atoms with Crippen molar-refractivity contribution < 1.29 is 32.3 Å². The van der Waals surface area contributed by atoms with Crippen molar-refractivity contribution in [1.29, 1.82) is 0 Å². The number of nitrogens with one attached hydrogen (secondary N) is 1. The fraction of sp³-hybridized carbons (Fsp3) is 0.500. The van der Waals surface area contributed by atoms with Gasteiger partial charge in [-0.25, -0.2) is 8.42 Å². The van der Waals surface area contributed by atoms with Crippen molar-refractivity contribution in [1.82, 2.24) is 10.2 Å². The monoisotopic (exact) mass is 412 g/mol. The second-order valence-electron chi connectivity index (χ2n) is 6.31. The molecule has 0 aromatic heterocycles. The molecule has 1 aliphatic rings. The second kappa shape index (κ2) is 9.54. The van der Waals surface area contributed by atoms with Gasteiger partial charge in [0.2, 0.25) is 0 Å². The predicted octanol–water partition coefficient (Wildman–Crippen LogP) is 0.00380. The Kier molecular flexibility index (Phi) is 7.38. The van der Waals surface area contributed by atoms with Crippen LogP contribution in [0.5, 0.6) is 5.75 Å². The van der Waals surface area contributed by atoms with Crippen LogP contribution >= 0.6 is 0 Å². The number of nitrogens with zero attached hydrogens (tertiary/aromatic N) is 1. The quantitative estimate of drug-likeness (QED) is 0.597. The van der Waals surface area contributed by atoms with E-state index in [9.17, 15) is 22.8 Å². The number of methoxy groups -OCH3 is 1. The summed E-state index contributed by atoms with van der Waals surface area (Å²) in [6.07, 6.45) is 0.381. The van der Waals surface area contributed by atoms with Gasteiger partial charge < -0.3 is 19.7 Å². The van der Waals surface area contributed by atoms with Gasteiger partial charge in [-0.3, -0.25) is 14.4 Å². The number of hydrogen-bond donors (Lipinski definition) is 1. The molecule has 0 radical (unpaired) electrons. The Hall–Kier alpha value is -2.62. The lowest BCUT2D eigenvalue weighted by Gasteiger charge is -2.26. The molecule has 1 heterocycles. The van der Waals surface area contributed by atoms with E-state index in [0.717, 1.165) is 0 Å². The lowest BCUT2D eigenvalue weighted by atomic mass is 10.2. The van der Waals surface area contributed by atoms with Crippen LogP contribution in [-0.2, 0) is 24.2 Å². The van der Waals surface area contributed by atoms with E-state index in [0.29, 0.717) is 24.3 Å². The largest absolute Gasteiger partial charge is 0.497 e. The summed E-state index contributed by atoms with van der Waals surface area (Å²) in [6, 6.07) is 6.04. The smallest absolute Gasteiger partial charge is 0.325 e. The van der Waals surface area contributed by atoms with Crippen LogP contribution in [0, 0.1) is 0 Å². The molecular formula is C18H24N2O7S. The fourth-order valence-corrected chi connectivity index (χ4v) is 4.69. The van der Waals surface area contributed by atoms with Gasteiger partial charge in [0.1, 0.15) is 12.3 Å². The predicted molar refractivity (Wildman–Crippen MR) is 101 cm³/mol. The highest BCUT2D eigenvalue weighted by atomic mass is 32.2. The van der Waals surface area contributed by atoms with Crippen molar-refractivity contribution in [3.05, 3.63) is 29.8 Å². The van der Waals surface area contributed by atoms with Gasteiger partial charge in [-0.05, 0) is 31.5 Å². The summed E-state index contributed by atoms with van der Waals surface area (Å²) in [7, 11) is -1.64. The first-order chi connectivity index (χ1) is 13.3. The first-order valence-electron chi connectivity index (χ1n) is 8.83. The van der Waals surface area contributed by atoms with E-state index in [-0.39, 0.29) is 11.5 Å². The molecule has 0 bridgehead atoms. The molecule has 1 N–H and O–H groups in total. The van der Waals surface area contributed by atoms with Gasteiger partial charge in [-0.1, -0.05) is 6.07 Å². The summed E-state index contributed by atoms with van der Waals surface area (Å²) in [6.45, 7) is 1.16. The zero-order valence-corrected chi connectivity index (χ0v) is 16.7. The van der Waals surface area contributed by atoms with Gasteiger partial charge in [0, 0.05) is 18.2 Å². The van der Waals surface area contributed by atoms with E-state index in [2.05, 4.69) is 5.32 Å². The molecule has 28 heavy (non-hydrogen) atoms. The Labute approximate surface area is 163 Å². The SMILES string of the molecule is CCN(C(=O)COC(=O)CNC(=O)c1cccc(OC)c1)[C@H]1CCS(=O)(=O)C1. The number of esters is 1. The van der Waals surface area contributed by atoms with Crippen LogP contribution in [0.15, 0.2) is 24.3 Å². The summed E-state index contributed by atoms with van der Waals surface area (Å²) >= 11 is 0. The lowest BCUT2D eigenvalue weighted by molar-refractivity contribution is -0.151. The van der Waals surface area contributed by atoms with Crippen molar-refractivity contribution in [3.8, 4) is 5.75 Å². The number of carbonyl (C=O) groups excluding carboxylic acids is 3. The molecule has 1 aliphatic heterocycles.